The summed E-state index contributed by atoms with van der Waals surface area (Å²) in [6, 6.07) is 24.2. The highest BCUT2D eigenvalue weighted by Gasteiger charge is 2.24. The molecule has 4 rings (SSSR count). The highest BCUT2D eigenvalue weighted by Crippen LogP contribution is 2.27. The van der Waals surface area contributed by atoms with Crippen LogP contribution in [0.25, 0.3) is 10.9 Å². The Kier molecular flexibility index (Phi) is 4.79. The molecule has 142 valence electrons. The number of fused-ring (bicyclic) bond motifs is 1. The maximum atomic E-state index is 13.1. The van der Waals surface area contributed by atoms with Gasteiger partial charge in [0.1, 0.15) is 0 Å². The number of para-hydroxylation sites is 1. The van der Waals surface area contributed by atoms with Crippen LogP contribution in [0.5, 0.6) is 0 Å². The smallest absolute Gasteiger partial charge is 0.241 e. The van der Waals surface area contributed by atoms with E-state index in [1.165, 1.54) is 0 Å². The van der Waals surface area contributed by atoms with E-state index in [2.05, 4.69) is 9.71 Å². The number of hydrogen-bond acceptors (Lipinski definition) is 2. The number of nitrogens with one attached hydrogen (secondary N) is 2. The Morgan fingerprint density at radius 3 is 2.07 bits per heavy atom. The van der Waals surface area contributed by atoms with Gasteiger partial charge >= 0.3 is 0 Å². The molecule has 0 saturated carbocycles. The van der Waals surface area contributed by atoms with E-state index in [1.54, 1.807) is 24.3 Å². The fourth-order valence-electron chi connectivity index (χ4n) is 3.26. The molecule has 0 aliphatic rings. The molecule has 2 N–H and O–H groups in total. The molecule has 4 aromatic rings. The lowest BCUT2D eigenvalue weighted by Crippen LogP contribution is -2.29. The zero-order valence-electron chi connectivity index (χ0n) is 15.8. The monoisotopic (exact) mass is 390 g/mol. The minimum atomic E-state index is -3.69. The summed E-state index contributed by atoms with van der Waals surface area (Å²) in [6.07, 6.45) is 0. The molecule has 0 aliphatic carbocycles. The first kappa shape index (κ1) is 18.5. The number of H-pyrrole nitrogens is 1. The first-order chi connectivity index (χ1) is 13.4. The van der Waals surface area contributed by atoms with E-state index in [9.17, 15) is 8.42 Å². The maximum Gasteiger partial charge on any atom is 0.241 e. The van der Waals surface area contributed by atoms with Crippen LogP contribution in [-0.2, 0) is 10.0 Å². The van der Waals surface area contributed by atoms with Gasteiger partial charge < -0.3 is 4.98 Å². The van der Waals surface area contributed by atoms with Crippen LogP contribution in [-0.4, -0.2) is 13.4 Å². The Balaban J connectivity index is 1.78. The summed E-state index contributed by atoms with van der Waals surface area (Å²) in [5, 5.41) is 1.05. The second-order valence-corrected chi connectivity index (χ2v) is 8.80. The molecule has 0 unspecified atom stereocenters. The highest BCUT2D eigenvalue weighted by molar-refractivity contribution is 7.89. The lowest BCUT2D eigenvalue weighted by Gasteiger charge is -2.19. The summed E-state index contributed by atoms with van der Waals surface area (Å²) in [4.78, 5) is 3.62. The van der Waals surface area contributed by atoms with Gasteiger partial charge in [-0.25, -0.2) is 8.42 Å². The third-order valence-electron chi connectivity index (χ3n) is 4.88. The Hall–Kier alpha value is -2.89. The van der Waals surface area contributed by atoms with Crippen molar-refractivity contribution >= 4 is 20.9 Å². The van der Waals surface area contributed by atoms with Crippen LogP contribution in [0.15, 0.2) is 83.8 Å². The van der Waals surface area contributed by atoms with Crippen molar-refractivity contribution in [1.29, 1.82) is 0 Å². The number of aromatic amines is 1. The molecule has 28 heavy (non-hydrogen) atoms. The molecule has 0 fully saturated rings. The maximum absolute atomic E-state index is 13.1. The van der Waals surface area contributed by atoms with Crippen molar-refractivity contribution < 1.29 is 8.42 Å². The van der Waals surface area contributed by atoms with E-state index in [-0.39, 0.29) is 4.90 Å². The lowest BCUT2D eigenvalue weighted by atomic mass is 10.0. The van der Waals surface area contributed by atoms with E-state index in [0.717, 1.165) is 33.3 Å². The molecular weight excluding hydrogens is 368 g/mol. The fourth-order valence-corrected chi connectivity index (χ4v) is 4.47. The van der Waals surface area contributed by atoms with Gasteiger partial charge in [-0.2, -0.15) is 4.72 Å². The van der Waals surface area contributed by atoms with Crippen molar-refractivity contribution in [1.82, 2.24) is 9.71 Å². The van der Waals surface area contributed by atoms with Crippen LogP contribution < -0.4 is 4.72 Å². The largest absolute Gasteiger partial charge is 0.357 e. The van der Waals surface area contributed by atoms with Crippen LogP contribution in [0.1, 0.15) is 28.4 Å². The first-order valence-corrected chi connectivity index (χ1v) is 10.6. The van der Waals surface area contributed by atoms with Crippen molar-refractivity contribution in [2.45, 2.75) is 24.8 Å². The standard InChI is InChI=1S/C23H22N2O2S/c1-16-7-11-18(12-8-16)23(22-15-19-5-3-4-6-21(19)24-22)25-28(26,27)20-13-9-17(2)10-14-20/h3-15,23-25H,1-2H3/t23-/m1/s1. The number of aromatic nitrogens is 1. The second kappa shape index (κ2) is 7.26. The summed E-state index contributed by atoms with van der Waals surface area (Å²) in [7, 11) is -3.69. The van der Waals surface area contributed by atoms with Crippen molar-refractivity contribution in [2.24, 2.45) is 0 Å². The van der Waals surface area contributed by atoms with E-state index in [4.69, 9.17) is 0 Å². The molecule has 1 heterocycles. The molecule has 3 aromatic carbocycles. The van der Waals surface area contributed by atoms with Crippen LogP contribution in [0, 0.1) is 13.8 Å². The molecule has 0 aliphatic heterocycles. The average molecular weight is 391 g/mol. The number of rotatable bonds is 5. The summed E-state index contributed by atoms with van der Waals surface area (Å²) < 4.78 is 29.0. The highest BCUT2D eigenvalue weighted by atomic mass is 32.2. The van der Waals surface area contributed by atoms with Crippen molar-refractivity contribution in [3.05, 3.63) is 101 Å². The molecule has 0 amide bonds. The first-order valence-electron chi connectivity index (χ1n) is 9.16. The van der Waals surface area contributed by atoms with Crippen LogP contribution in [0.2, 0.25) is 0 Å². The number of sulfonamides is 1. The van der Waals surface area contributed by atoms with Crippen molar-refractivity contribution in [3.8, 4) is 0 Å². The summed E-state index contributed by atoms with van der Waals surface area (Å²) in [5.41, 5.74) is 4.81. The van der Waals surface area contributed by atoms with E-state index in [1.807, 2.05) is 68.4 Å². The SMILES string of the molecule is Cc1ccc([C@@H](NS(=O)(=O)c2ccc(C)cc2)c2cc3ccccc3[nH]2)cc1. The summed E-state index contributed by atoms with van der Waals surface area (Å²) in [6.45, 7) is 3.95. The van der Waals surface area contributed by atoms with Gasteiger partial charge in [0.25, 0.3) is 0 Å². The number of benzene rings is 3. The van der Waals surface area contributed by atoms with Gasteiger partial charge in [0.05, 0.1) is 10.9 Å². The minimum Gasteiger partial charge on any atom is -0.357 e. The average Bonchev–Trinajstić information content (AvgIpc) is 3.11. The zero-order valence-corrected chi connectivity index (χ0v) is 16.6. The van der Waals surface area contributed by atoms with E-state index in [0.29, 0.717) is 0 Å². The Morgan fingerprint density at radius 2 is 1.43 bits per heavy atom. The van der Waals surface area contributed by atoms with Gasteiger partial charge in [-0.05, 0) is 49.1 Å². The molecule has 0 spiro atoms. The van der Waals surface area contributed by atoms with Gasteiger partial charge in [0.2, 0.25) is 10.0 Å². The normalized spacial score (nSPS) is 12.9. The van der Waals surface area contributed by atoms with Crippen molar-refractivity contribution in [3.63, 3.8) is 0 Å². The molecule has 0 radical (unpaired) electrons. The second-order valence-electron chi connectivity index (χ2n) is 7.09. The molecule has 4 nitrogen and oxygen atoms in total. The Labute approximate surface area is 165 Å². The molecule has 1 atom stereocenters. The predicted octanol–water partition coefficient (Wildman–Crippen LogP) is 4.85. The molecule has 1 aromatic heterocycles. The quantitative estimate of drug-likeness (QED) is 0.511. The van der Waals surface area contributed by atoms with Gasteiger partial charge in [0.15, 0.2) is 0 Å². The lowest BCUT2D eigenvalue weighted by molar-refractivity contribution is 0.570. The molecule has 5 heteroatoms. The van der Waals surface area contributed by atoms with Gasteiger partial charge in [0, 0.05) is 11.2 Å². The van der Waals surface area contributed by atoms with Gasteiger partial charge in [-0.3, -0.25) is 0 Å². The van der Waals surface area contributed by atoms with Crippen molar-refractivity contribution in [2.75, 3.05) is 0 Å². The van der Waals surface area contributed by atoms with Crippen LogP contribution in [0.3, 0.4) is 0 Å². The molecule has 0 bridgehead atoms. The predicted molar refractivity (Wildman–Crippen MR) is 113 cm³/mol. The number of hydrogen-bond donors (Lipinski definition) is 2. The van der Waals surface area contributed by atoms with E-state index >= 15 is 0 Å². The topological polar surface area (TPSA) is 62.0 Å². The Morgan fingerprint density at radius 1 is 0.821 bits per heavy atom. The molecule has 0 saturated heterocycles. The zero-order chi connectivity index (χ0) is 19.7. The third kappa shape index (κ3) is 3.72. The summed E-state index contributed by atoms with van der Waals surface area (Å²) >= 11 is 0. The van der Waals surface area contributed by atoms with Crippen LogP contribution in [0.4, 0.5) is 0 Å². The van der Waals surface area contributed by atoms with Gasteiger partial charge in [-0.1, -0.05) is 65.7 Å². The summed E-state index contributed by atoms with van der Waals surface area (Å²) in [5.74, 6) is 0. The van der Waals surface area contributed by atoms with Crippen LogP contribution >= 0.6 is 0 Å². The van der Waals surface area contributed by atoms with E-state index < -0.39 is 16.1 Å². The fraction of sp³-hybridized carbons (Fsp3) is 0.130. The Bertz CT molecular complexity index is 1170. The number of aryl methyl sites for hydroxylation is 2. The third-order valence-corrected chi connectivity index (χ3v) is 6.32. The van der Waals surface area contributed by atoms with Gasteiger partial charge in [-0.15, -0.1) is 0 Å². The molecular formula is C23H22N2O2S. The minimum absolute atomic E-state index is 0.256.